The predicted molar refractivity (Wildman–Crippen MR) is 84.2 cm³/mol. The molecule has 1 heterocycles. The number of esters is 1. The van der Waals surface area contributed by atoms with Gasteiger partial charge in [-0.3, -0.25) is 4.79 Å². The molecule has 0 aliphatic heterocycles. The van der Waals surface area contributed by atoms with Gasteiger partial charge in [-0.15, -0.1) is 0 Å². The summed E-state index contributed by atoms with van der Waals surface area (Å²) in [5.41, 5.74) is 3.27. The van der Waals surface area contributed by atoms with E-state index in [1.807, 2.05) is 36.4 Å². The molecule has 3 aromatic rings. The van der Waals surface area contributed by atoms with E-state index in [2.05, 4.69) is 12.1 Å². The molecule has 21 heavy (non-hydrogen) atoms. The molecule has 0 bridgehead atoms. The number of carbonyl (C=O) groups is 1. The standard InChI is InChI=1S/C18H17NO2/c1-21-18(20)12-6-9-13-14-7-2-4-10-16(14)19-17-11-5-3-8-15(13)17/h2-5,7-8,10-11H,6,9,12H2,1H3. The molecular weight excluding hydrogens is 262 g/mol. The first-order chi connectivity index (χ1) is 10.3. The van der Waals surface area contributed by atoms with Crippen LogP contribution in [0.3, 0.4) is 0 Å². The first-order valence-corrected chi connectivity index (χ1v) is 7.13. The summed E-state index contributed by atoms with van der Waals surface area (Å²) in [5, 5.41) is 2.34. The summed E-state index contributed by atoms with van der Waals surface area (Å²) in [6, 6.07) is 16.3. The van der Waals surface area contributed by atoms with Crippen LogP contribution in [0.5, 0.6) is 0 Å². The summed E-state index contributed by atoms with van der Waals surface area (Å²) in [6.45, 7) is 0. The molecule has 106 valence electrons. The van der Waals surface area contributed by atoms with Crippen LogP contribution in [0.25, 0.3) is 21.8 Å². The molecule has 0 saturated carbocycles. The number of rotatable bonds is 4. The number of benzene rings is 2. The lowest BCUT2D eigenvalue weighted by Crippen LogP contribution is -2.01. The molecule has 3 rings (SSSR count). The first-order valence-electron chi connectivity index (χ1n) is 7.13. The van der Waals surface area contributed by atoms with Gasteiger partial charge in [0.2, 0.25) is 0 Å². The predicted octanol–water partition coefficient (Wildman–Crippen LogP) is 3.88. The van der Waals surface area contributed by atoms with Gasteiger partial charge < -0.3 is 4.74 Å². The second kappa shape index (κ2) is 5.92. The zero-order valence-electron chi connectivity index (χ0n) is 12.0. The van der Waals surface area contributed by atoms with Crippen LogP contribution in [0.15, 0.2) is 48.5 Å². The molecule has 0 amide bonds. The average Bonchev–Trinajstić information content (AvgIpc) is 2.54. The fourth-order valence-electron chi connectivity index (χ4n) is 2.71. The van der Waals surface area contributed by atoms with Gasteiger partial charge in [-0.25, -0.2) is 4.98 Å². The van der Waals surface area contributed by atoms with Gasteiger partial charge in [-0.1, -0.05) is 36.4 Å². The molecule has 0 N–H and O–H groups in total. The normalized spacial score (nSPS) is 10.9. The third kappa shape index (κ3) is 2.72. The monoisotopic (exact) mass is 279 g/mol. The van der Waals surface area contributed by atoms with Crippen molar-refractivity contribution in [3.8, 4) is 0 Å². The maximum Gasteiger partial charge on any atom is 0.305 e. The Morgan fingerprint density at radius 3 is 2.14 bits per heavy atom. The lowest BCUT2D eigenvalue weighted by molar-refractivity contribution is -0.140. The highest BCUT2D eigenvalue weighted by Crippen LogP contribution is 2.27. The van der Waals surface area contributed by atoms with Crippen molar-refractivity contribution in [1.29, 1.82) is 0 Å². The Morgan fingerprint density at radius 2 is 1.57 bits per heavy atom. The Bertz CT molecular complexity index is 741. The summed E-state index contributed by atoms with van der Waals surface area (Å²) < 4.78 is 4.71. The molecule has 0 radical (unpaired) electrons. The highest BCUT2D eigenvalue weighted by Gasteiger charge is 2.09. The quantitative estimate of drug-likeness (QED) is 0.537. The molecule has 0 aliphatic rings. The number of methoxy groups -OCH3 is 1. The number of nitrogens with zero attached hydrogens (tertiary/aromatic N) is 1. The molecular formula is C18H17NO2. The minimum Gasteiger partial charge on any atom is -0.469 e. The van der Waals surface area contributed by atoms with Gasteiger partial charge in [-0.2, -0.15) is 0 Å². The number of para-hydroxylation sites is 2. The van der Waals surface area contributed by atoms with Crippen LogP contribution < -0.4 is 0 Å². The maximum atomic E-state index is 11.3. The lowest BCUT2D eigenvalue weighted by Gasteiger charge is -2.10. The molecule has 3 nitrogen and oxygen atoms in total. The Labute approximate surface area is 123 Å². The van der Waals surface area contributed by atoms with Crippen molar-refractivity contribution in [2.24, 2.45) is 0 Å². The molecule has 3 heteroatoms. The smallest absolute Gasteiger partial charge is 0.305 e. The molecule has 0 aliphatic carbocycles. The second-order valence-electron chi connectivity index (χ2n) is 5.05. The van der Waals surface area contributed by atoms with E-state index in [0.717, 1.165) is 23.9 Å². The van der Waals surface area contributed by atoms with Gasteiger partial charge in [0, 0.05) is 17.2 Å². The van der Waals surface area contributed by atoms with E-state index in [1.165, 1.54) is 23.4 Å². The van der Waals surface area contributed by atoms with Crippen LogP contribution in [0.1, 0.15) is 18.4 Å². The highest BCUT2D eigenvalue weighted by atomic mass is 16.5. The number of carbonyl (C=O) groups excluding carboxylic acids is 1. The molecule has 0 fully saturated rings. The van der Waals surface area contributed by atoms with E-state index in [-0.39, 0.29) is 5.97 Å². The summed E-state index contributed by atoms with van der Waals surface area (Å²) >= 11 is 0. The molecule has 2 aromatic carbocycles. The van der Waals surface area contributed by atoms with Gasteiger partial charge in [0.15, 0.2) is 0 Å². The zero-order chi connectivity index (χ0) is 14.7. The Hall–Kier alpha value is -2.42. The van der Waals surface area contributed by atoms with E-state index in [9.17, 15) is 4.79 Å². The van der Waals surface area contributed by atoms with Crippen molar-refractivity contribution in [3.63, 3.8) is 0 Å². The van der Waals surface area contributed by atoms with Crippen LogP contribution in [-0.2, 0) is 16.0 Å². The minimum absolute atomic E-state index is 0.155. The van der Waals surface area contributed by atoms with Crippen LogP contribution >= 0.6 is 0 Å². The zero-order valence-corrected chi connectivity index (χ0v) is 12.0. The van der Waals surface area contributed by atoms with Crippen LogP contribution in [0, 0.1) is 0 Å². The number of aromatic nitrogens is 1. The third-order valence-corrected chi connectivity index (χ3v) is 3.73. The number of hydrogen-bond donors (Lipinski definition) is 0. The first kappa shape index (κ1) is 13.6. The summed E-state index contributed by atoms with van der Waals surface area (Å²) in [4.78, 5) is 16.0. The van der Waals surface area contributed by atoms with E-state index >= 15 is 0 Å². The van der Waals surface area contributed by atoms with E-state index < -0.39 is 0 Å². The maximum absolute atomic E-state index is 11.3. The van der Waals surface area contributed by atoms with Gasteiger partial charge in [-0.05, 0) is 30.5 Å². The van der Waals surface area contributed by atoms with Gasteiger partial charge in [0.05, 0.1) is 18.1 Å². The van der Waals surface area contributed by atoms with Crippen molar-refractivity contribution in [2.45, 2.75) is 19.3 Å². The van der Waals surface area contributed by atoms with Crippen molar-refractivity contribution in [3.05, 3.63) is 54.1 Å². The largest absolute Gasteiger partial charge is 0.469 e. The Balaban J connectivity index is 2.05. The van der Waals surface area contributed by atoms with Gasteiger partial charge in [0.25, 0.3) is 0 Å². The van der Waals surface area contributed by atoms with Crippen molar-refractivity contribution >= 4 is 27.8 Å². The number of fused-ring (bicyclic) bond motifs is 2. The third-order valence-electron chi connectivity index (χ3n) is 3.73. The summed E-state index contributed by atoms with van der Waals surface area (Å²) in [7, 11) is 1.43. The SMILES string of the molecule is COC(=O)CCCc1c2ccccc2nc2ccccc12. The minimum atomic E-state index is -0.155. The fourth-order valence-corrected chi connectivity index (χ4v) is 2.71. The number of pyridine rings is 1. The number of aryl methyl sites for hydroxylation is 1. The van der Waals surface area contributed by atoms with E-state index in [4.69, 9.17) is 9.72 Å². The van der Waals surface area contributed by atoms with Crippen molar-refractivity contribution < 1.29 is 9.53 Å². The summed E-state index contributed by atoms with van der Waals surface area (Å²) in [5.74, 6) is -0.155. The average molecular weight is 279 g/mol. The highest BCUT2D eigenvalue weighted by molar-refractivity contribution is 5.97. The lowest BCUT2D eigenvalue weighted by atomic mass is 9.98. The number of hydrogen-bond acceptors (Lipinski definition) is 3. The number of ether oxygens (including phenoxy) is 1. The fraction of sp³-hybridized carbons (Fsp3) is 0.222. The van der Waals surface area contributed by atoms with Crippen LogP contribution in [0.2, 0.25) is 0 Å². The summed E-state index contributed by atoms with van der Waals surface area (Å²) in [6.07, 6.45) is 2.07. The topological polar surface area (TPSA) is 39.2 Å². The second-order valence-corrected chi connectivity index (χ2v) is 5.05. The van der Waals surface area contributed by atoms with E-state index in [0.29, 0.717) is 6.42 Å². The van der Waals surface area contributed by atoms with Gasteiger partial charge in [0.1, 0.15) is 0 Å². The van der Waals surface area contributed by atoms with E-state index in [1.54, 1.807) is 0 Å². The molecule has 0 saturated heterocycles. The molecule has 0 spiro atoms. The van der Waals surface area contributed by atoms with Crippen LogP contribution in [-0.4, -0.2) is 18.1 Å². The van der Waals surface area contributed by atoms with Crippen LogP contribution in [0.4, 0.5) is 0 Å². The van der Waals surface area contributed by atoms with Crippen molar-refractivity contribution in [1.82, 2.24) is 4.98 Å². The molecule has 0 unspecified atom stereocenters. The van der Waals surface area contributed by atoms with Crippen molar-refractivity contribution in [2.75, 3.05) is 7.11 Å². The van der Waals surface area contributed by atoms with Gasteiger partial charge >= 0.3 is 5.97 Å². The Kier molecular flexibility index (Phi) is 3.82. The molecule has 1 aromatic heterocycles. The Morgan fingerprint density at radius 1 is 1.00 bits per heavy atom. The molecule has 0 atom stereocenters.